The Morgan fingerprint density at radius 3 is 2.29 bits per heavy atom. The highest BCUT2D eigenvalue weighted by Gasteiger charge is 2.39. The van der Waals surface area contributed by atoms with E-state index in [4.69, 9.17) is 6.57 Å². The van der Waals surface area contributed by atoms with E-state index in [0.717, 1.165) is 5.56 Å². The predicted molar refractivity (Wildman–Crippen MR) is 77.1 cm³/mol. The molecule has 5 heteroatoms. The second kappa shape index (κ2) is 5.85. The standard InChI is InChI=1S/C16H11N3O2/c1-18-16(12-17,11-13-5-3-2-4-6-13)14-7-9-15(10-8-14)19(20)21/h2-10H,11H2. The predicted octanol–water partition coefficient (Wildman–Crippen LogP) is 3.48. The van der Waals surface area contributed by atoms with Crippen molar-refractivity contribution in [1.29, 1.82) is 5.26 Å². The molecule has 0 aliphatic heterocycles. The maximum Gasteiger partial charge on any atom is 0.344 e. The summed E-state index contributed by atoms with van der Waals surface area (Å²) in [6.45, 7) is 7.40. The summed E-state index contributed by atoms with van der Waals surface area (Å²) < 4.78 is 0. The molecule has 21 heavy (non-hydrogen) atoms. The topological polar surface area (TPSA) is 71.3 Å². The molecule has 0 spiro atoms. The van der Waals surface area contributed by atoms with Crippen molar-refractivity contribution in [3.8, 4) is 6.07 Å². The SMILES string of the molecule is [C-]#[N+]C(C#N)(Cc1ccccc1)c1ccc([N+](=O)[O-])cc1. The van der Waals surface area contributed by atoms with E-state index < -0.39 is 10.5 Å². The van der Waals surface area contributed by atoms with Gasteiger partial charge >= 0.3 is 5.54 Å². The molecule has 0 aliphatic carbocycles. The van der Waals surface area contributed by atoms with Gasteiger partial charge < -0.3 is 0 Å². The molecular formula is C16H11N3O2. The first-order chi connectivity index (χ1) is 10.1. The zero-order chi connectivity index (χ0) is 15.3. The summed E-state index contributed by atoms with van der Waals surface area (Å²) in [4.78, 5) is 13.7. The highest BCUT2D eigenvalue weighted by atomic mass is 16.6. The first-order valence-electron chi connectivity index (χ1n) is 6.20. The lowest BCUT2D eigenvalue weighted by Gasteiger charge is -2.14. The molecule has 5 nitrogen and oxygen atoms in total. The van der Waals surface area contributed by atoms with Crippen LogP contribution in [0.25, 0.3) is 4.85 Å². The number of nitrogens with zero attached hydrogens (tertiary/aromatic N) is 3. The van der Waals surface area contributed by atoms with Gasteiger partial charge in [-0.25, -0.2) is 6.57 Å². The number of nitro groups is 1. The van der Waals surface area contributed by atoms with Crippen molar-refractivity contribution in [2.75, 3.05) is 0 Å². The van der Waals surface area contributed by atoms with Crippen LogP contribution in [-0.4, -0.2) is 4.92 Å². The molecule has 2 aromatic carbocycles. The Kier molecular flexibility index (Phi) is 3.97. The summed E-state index contributed by atoms with van der Waals surface area (Å²) in [7, 11) is 0. The van der Waals surface area contributed by atoms with E-state index in [1.807, 2.05) is 30.3 Å². The number of hydrogen-bond acceptors (Lipinski definition) is 3. The van der Waals surface area contributed by atoms with Crippen LogP contribution in [0, 0.1) is 28.0 Å². The Hall–Kier alpha value is -3.18. The number of nitro benzene ring substituents is 1. The largest absolute Gasteiger partial charge is 0.344 e. The Morgan fingerprint density at radius 2 is 1.81 bits per heavy atom. The fourth-order valence-electron chi connectivity index (χ4n) is 2.09. The average molecular weight is 277 g/mol. The minimum absolute atomic E-state index is 0.0599. The fourth-order valence-corrected chi connectivity index (χ4v) is 2.09. The molecule has 0 fully saturated rings. The highest BCUT2D eigenvalue weighted by Crippen LogP contribution is 2.31. The van der Waals surface area contributed by atoms with Crippen LogP contribution >= 0.6 is 0 Å². The van der Waals surface area contributed by atoms with Crippen molar-refractivity contribution < 1.29 is 4.92 Å². The molecule has 0 aliphatic rings. The van der Waals surface area contributed by atoms with Crippen molar-refractivity contribution in [3.05, 3.63) is 87.3 Å². The molecular weight excluding hydrogens is 266 g/mol. The first-order valence-corrected chi connectivity index (χ1v) is 6.20. The van der Waals surface area contributed by atoms with Crippen LogP contribution in [0.2, 0.25) is 0 Å². The van der Waals surface area contributed by atoms with Gasteiger partial charge in [0.2, 0.25) is 0 Å². The van der Waals surface area contributed by atoms with Crippen molar-refractivity contribution in [3.63, 3.8) is 0 Å². The number of nitriles is 1. The molecule has 0 radical (unpaired) electrons. The third kappa shape index (κ3) is 2.88. The summed E-state index contributed by atoms with van der Waals surface area (Å²) in [6, 6.07) is 16.9. The minimum atomic E-state index is -1.36. The lowest BCUT2D eigenvalue weighted by atomic mass is 9.86. The van der Waals surface area contributed by atoms with E-state index in [-0.39, 0.29) is 12.1 Å². The van der Waals surface area contributed by atoms with E-state index in [1.165, 1.54) is 24.3 Å². The minimum Gasteiger partial charge on any atom is -0.288 e. The van der Waals surface area contributed by atoms with Crippen molar-refractivity contribution >= 4 is 5.69 Å². The van der Waals surface area contributed by atoms with Gasteiger partial charge in [-0.3, -0.25) is 15.0 Å². The summed E-state index contributed by atoms with van der Waals surface area (Å²) >= 11 is 0. The molecule has 0 heterocycles. The summed E-state index contributed by atoms with van der Waals surface area (Å²) in [5.41, 5.74) is -0.0885. The van der Waals surface area contributed by atoms with Gasteiger partial charge in [0.05, 0.1) is 16.9 Å². The van der Waals surface area contributed by atoms with Crippen molar-refractivity contribution in [1.82, 2.24) is 0 Å². The molecule has 0 N–H and O–H groups in total. The van der Waals surface area contributed by atoms with Gasteiger partial charge in [0.1, 0.15) is 0 Å². The molecule has 2 aromatic rings. The molecule has 102 valence electrons. The Balaban J connectivity index is 2.41. The van der Waals surface area contributed by atoms with E-state index in [0.29, 0.717) is 5.56 Å². The van der Waals surface area contributed by atoms with Crippen LogP contribution in [0.4, 0.5) is 5.69 Å². The van der Waals surface area contributed by atoms with Crippen molar-refractivity contribution in [2.24, 2.45) is 0 Å². The van der Waals surface area contributed by atoms with E-state index in [9.17, 15) is 15.4 Å². The van der Waals surface area contributed by atoms with Crippen LogP contribution in [0.1, 0.15) is 11.1 Å². The quantitative estimate of drug-likeness (QED) is 0.488. The van der Waals surface area contributed by atoms with Crippen LogP contribution < -0.4 is 0 Å². The third-order valence-electron chi connectivity index (χ3n) is 3.23. The lowest BCUT2D eigenvalue weighted by Crippen LogP contribution is -2.22. The maximum atomic E-state index is 10.7. The zero-order valence-electron chi connectivity index (χ0n) is 11.1. The third-order valence-corrected chi connectivity index (χ3v) is 3.23. The number of non-ortho nitro benzene ring substituents is 1. The lowest BCUT2D eigenvalue weighted by molar-refractivity contribution is -0.384. The fraction of sp³-hybridized carbons (Fsp3) is 0.125. The van der Waals surface area contributed by atoms with Crippen LogP contribution in [0.5, 0.6) is 0 Å². The Bertz CT molecular complexity index is 711. The van der Waals surface area contributed by atoms with Gasteiger partial charge in [-0.15, -0.1) is 0 Å². The number of rotatable bonds is 4. The summed E-state index contributed by atoms with van der Waals surface area (Å²) in [6.07, 6.45) is 0.242. The van der Waals surface area contributed by atoms with Crippen LogP contribution in [-0.2, 0) is 12.0 Å². The molecule has 1 unspecified atom stereocenters. The molecule has 1 atom stereocenters. The first kappa shape index (κ1) is 14.2. The van der Waals surface area contributed by atoms with Gasteiger partial charge in [0.15, 0.2) is 6.07 Å². The van der Waals surface area contributed by atoms with Gasteiger partial charge in [-0.1, -0.05) is 30.3 Å². The molecule has 0 saturated carbocycles. The van der Waals surface area contributed by atoms with Gasteiger partial charge in [-0.2, -0.15) is 5.26 Å². The van der Waals surface area contributed by atoms with Gasteiger partial charge in [0.25, 0.3) is 5.69 Å². The van der Waals surface area contributed by atoms with E-state index >= 15 is 0 Å². The van der Waals surface area contributed by atoms with Gasteiger partial charge in [0, 0.05) is 12.1 Å². The maximum absolute atomic E-state index is 10.7. The average Bonchev–Trinajstić information content (AvgIpc) is 2.54. The summed E-state index contributed by atoms with van der Waals surface area (Å²) in [5.74, 6) is 0. The molecule has 0 saturated heterocycles. The smallest absolute Gasteiger partial charge is 0.288 e. The van der Waals surface area contributed by atoms with E-state index in [2.05, 4.69) is 10.9 Å². The number of hydrogen-bond donors (Lipinski definition) is 0. The normalized spacial score (nSPS) is 12.7. The number of benzene rings is 2. The van der Waals surface area contributed by atoms with Gasteiger partial charge in [-0.05, 0) is 17.7 Å². The second-order valence-corrected chi connectivity index (χ2v) is 4.55. The molecule has 2 rings (SSSR count). The molecule has 0 amide bonds. The molecule has 0 bridgehead atoms. The zero-order valence-corrected chi connectivity index (χ0v) is 11.1. The monoisotopic (exact) mass is 277 g/mol. The Morgan fingerprint density at radius 1 is 1.19 bits per heavy atom. The van der Waals surface area contributed by atoms with E-state index in [1.54, 1.807) is 0 Å². The van der Waals surface area contributed by atoms with Crippen molar-refractivity contribution in [2.45, 2.75) is 12.0 Å². The van der Waals surface area contributed by atoms with Crippen LogP contribution in [0.15, 0.2) is 54.6 Å². The molecule has 0 aromatic heterocycles. The highest BCUT2D eigenvalue weighted by molar-refractivity contribution is 5.43. The summed E-state index contributed by atoms with van der Waals surface area (Å²) in [5, 5.41) is 20.1. The second-order valence-electron chi connectivity index (χ2n) is 4.55. The Labute approximate surface area is 122 Å². The van der Waals surface area contributed by atoms with Crippen LogP contribution in [0.3, 0.4) is 0 Å².